The fourth-order valence-corrected chi connectivity index (χ4v) is 3.49. The summed E-state index contributed by atoms with van der Waals surface area (Å²) in [6, 6.07) is 0. The number of hydrogen-bond acceptors (Lipinski definition) is 3. The van der Waals surface area contributed by atoms with E-state index in [-0.39, 0.29) is 11.4 Å². The number of nitrogens with one attached hydrogen (secondary N) is 1. The zero-order chi connectivity index (χ0) is 13.1. The molecule has 1 aliphatic carbocycles. The first-order valence-electron chi connectivity index (χ1n) is 6.69. The summed E-state index contributed by atoms with van der Waals surface area (Å²) in [6.07, 6.45) is 3.98. The second kappa shape index (κ2) is 5.38. The molecule has 1 aliphatic rings. The number of carbonyl (C=O) groups excluding carboxylic acids is 1. The van der Waals surface area contributed by atoms with Crippen LogP contribution >= 0.6 is 0 Å². The summed E-state index contributed by atoms with van der Waals surface area (Å²) in [5.74, 6) is 0.466. The highest BCUT2D eigenvalue weighted by molar-refractivity contribution is 5.81. The molecule has 0 aliphatic heterocycles. The molecule has 2 unspecified atom stereocenters. The number of hydrogen-bond donors (Lipinski definition) is 1. The molecule has 0 aromatic heterocycles. The minimum absolute atomic E-state index is 0.0921. The zero-order valence-electron chi connectivity index (χ0n) is 11.9. The fraction of sp³-hybridized carbons (Fsp3) is 0.929. The molecule has 0 amide bonds. The maximum Gasteiger partial charge on any atom is 0.326 e. The summed E-state index contributed by atoms with van der Waals surface area (Å²) in [4.78, 5) is 12.1. The first kappa shape index (κ1) is 14.5. The molecular weight excluding hydrogens is 214 g/mol. The molecule has 1 rings (SSSR count). The summed E-state index contributed by atoms with van der Waals surface area (Å²) in [5, 5.41) is 3.45. The highest BCUT2D eigenvalue weighted by Crippen LogP contribution is 2.44. The van der Waals surface area contributed by atoms with Gasteiger partial charge in [0.1, 0.15) is 5.54 Å². The summed E-state index contributed by atoms with van der Waals surface area (Å²) < 4.78 is 5.03. The summed E-state index contributed by atoms with van der Waals surface area (Å²) in [5.41, 5.74) is -0.265. The zero-order valence-corrected chi connectivity index (χ0v) is 11.9. The van der Waals surface area contributed by atoms with E-state index in [1.54, 1.807) is 0 Å². The normalized spacial score (nSPS) is 32.2. The lowest BCUT2D eigenvalue weighted by Crippen LogP contribution is -2.58. The molecule has 0 aromatic carbocycles. The van der Waals surface area contributed by atoms with Gasteiger partial charge in [-0.25, -0.2) is 0 Å². The molecule has 2 atom stereocenters. The van der Waals surface area contributed by atoms with Crippen molar-refractivity contribution in [2.45, 2.75) is 58.9 Å². The molecule has 0 radical (unpaired) electrons. The van der Waals surface area contributed by atoms with Crippen LogP contribution in [0.3, 0.4) is 0 Å². The van der Waals surface area contributed by atoms with Crippen LogP contribution in [0.25, 0.3) is 0 Å². The van der Waals surface area contributed by atoms with Gasteiger partial charge in [0.2, 0.25) is 0 Å². The number of rotatable bonds is 4. The molecule has 100 valence electrons. The first-order chi connectivity index (χ1) is 7.85. The Balaban J connectivity index is 2.92. The lowest BCUT2D eigenvalue weighted by molar-refractivity contribution is -0.153. The lowest BCUT2D eigenvalue weighted by atomic mass is 9.64. The van der Waals surface area contributed by atoms with Gasteiger partial charge in [-0.2, -0.15) is 0 Å². The second-order valence-electron chi connectivity index (χ2n) is 6.35. The predicted octanol–water partition coefficient (Wildman–Crippen LogP) is 2.74. The third-order valence-electron chi connectivity index (χ3n) is 3.67. The minimum Gasteiger partial charge on any atom is -0.468 e. The fourth-order valence-electron chi connectivity index (χ4n) is 3.49. The highest BCUT2D eigenvalue weighted by Gasteiger charge is 2.48. The van der Waals surface area contributed by atoms with E-state index in [4.69, 9.17) is 4.74 Å². The van der Waals surface area contributed by atoms with Crippen molar-refractivity contribution in [1.29, 1.82) is 0 Å². The Kier molecular flexibility index (Phi) is 4.59. The number of esters is 1. The van der Waals surface area contributed by atoms with Crippen LogP contribution in [0.4, 0.5) is 0 Å². The van der Waals surface area contributed by atoms with Gasteiger partial charge in [0, 0.05) is 0 Å². The van der Waals surface area contributed by atoms with E-state index in [1.807, 2.05) is 0 Å². The molecule has 0 spiro atoms. The molecule has 3 heteroatoms. The number of carbonyl (C=O) groups is 1. The molecule has 1 saturated carbocycles. The van der Waals surface area contributed by atoms with E-state index < -0.39 is 5.54 Å². The molecular formula is C14H27NO2. The van der Waals surface area contributed by atoms with Crippen molar-refractivity contribution in [2.75, 3.05) is 13.7 Å². The van der Waals surface area contributed by atoms with E-state index in [2.05, 4.69) is 33.0 Å². The molecule has 1 N–H and O–H groups in total. The van der Waals surface area contributed by atoms with Crippen LogP contribution in [0.1, 0.15) is 53.4 Å². The van der Waals surface area contributed by atoms with E-state index in [9.17, 15) is 4.79 Å². The minimum atomic E-state index is -0.466. The van der Waals surface area contributed by atoms with Crippen molar-refractivity contribution in [3.8, 4) is 0 Å². The predicted molar refractivity (Wildman–Crippen MR) is 69.8 cm³/mol. The monoisotopic (exact) mass is 241 g/mol. The highest BCUT2D eigenvalue weighted by atomic mass is 16.5. The second-order valence-corrected chi connectivity index (χ2v) is 6.35. The quantitative estimate of drug-likeness (QED) is 0.769. The van der Waals surface area contributed by atoms with E-state index in [0.29, 0.717) is 5.92 Å². The van der Waals surface area contributed by atoms with Gasteiger partial charge in [0.05, 0.1) is 7.11 Å². The SMILES string of the molecule is CCCNC1(C(=O)OC)CC(C)CC(C)(C)C1. The number of ether oxygens (including phenoxy) is 1. The smallest absolute Gasteiger partial charge is 0.326 e. The Labute approximate surface area is 105 Å². The maximum absolute atomic E-state index is 12.1. The third-order valence-corrected chi connectivity index (χ3v) is 3.67. The van der Waals surface area contributed by atoms with Crippen LogP contribution in [0.5, 0.6) is 0 Å². The molecule has 3 nitrogen and oxygen atoms in total. The van der Waals surface area contributed by atoms with Crippen molar-refractivity contribution in [3.05, 3.63) is 0 Å². The van der Waals surface area contributed by atoms with Gasteiger partial charge >= 0.3 is 5.97 Å². The molecule has 1 fully saturated rings. The molecule has 0 bridgehead atoms. The van der Waals surface area contributed by atoms with Crippen LogP contribution in [0.15, 0.2) is 0 Å². The Morgan fingerprint density at radius 2 is 2.06 bits per heavy atom. The first-order valence-corrected chi connectivity index (χ1v) is 6.69. The molecule has 0 saturated heterocycles. The van der Waals surface area contributed by atoms with Gasteiger partial charge in [-0.3, -0.25) is 4.79 Å². The molecule has 17 heavy (non-hydrogen) atoms. The van der Waals surface area contributed by atoms with Gasteiger partial charge in [0.15, 0.2) is 0 Å². The van der Waals surface area contributed by atoms with Gasteiger partial charge < -0.3 is 10.1 Å². The Bertz CT molecular complexity index is 275. The van der Waals surface area contributed by atoms with Crippen molar-refractivity contribution < 1.29 is 9.53 Å². The Morgan fingerprint density at radius 3 is 2.53 bits per heavy atom. The standard InChI is InChI=1S/C14H27NO2/c1-6-7-15-14(12(16)17-5)9-11(2)8-13(3,4)10-14/h11,15H,6-10H2,1-5H3. The van der Waals surface area contributed by atoms with Gasteiger partial charge in [-0.1, -0.05) is 27.7 Å². The lowest BCUT2D eigenvalue weighted by Gasteiger charge is -2.46. The average molecular weight is 241 g/mol. The van der Waals surface area contributed by atoms with Crippen LogP contribution in [-0.2, 0) is 9.53 Å². The van der Waals surface area contributed by atoms with E-state index in [0.717, 1.165) is 25.8 Å². The molecule has 0 aromatic rings. The van der Waals surface area contributed by atoms with Crippen molar-refractivity contribution in [2.24, 2.45) is 11.3 Å². The Hall–Kier alpha value is -0.570. The van der Waals surface area contributed by atoms with Crippen LogP contribution < -0.4 is 5.32 Å². The summed E-state index contributed by atoms with van der Waals surface area (Å²) >= 11 is 0. The average Bonchev–Trinajstić information content (AvgIpc) is 2.22. The van der Waals surface area contributed by atoms with Crippen LogP contribution in [0, 0.1) is 11.3 Å². The third kappa shape index (κ3) is 3.44. The van der Waals surface area contributed by atoms with E-state index >= 15 is 0 Å². The molecule has 0 heterocycles. The van der Waals surface area contributed by atoms with Crippen molar-refractivity contribution >= 4 is 5.97 Å². The van der Waals surface area contributed by atoms with Gasteiger partial charge in [-0.05, 0) is 43.6 Å². The maximum atomic E-state index is 12.1. The summed E-state index contributed by atoms with van der Waals surface area (Å²) in [6.45, 7) is 9.71. The van der Waals surface area contributed by atoms with Crippen molar-refractivity contribution in [1.82, 2.24) is 5.32 Å². The van der Waals surface area contributed by atoms with Crippen LogP contribution in [-0.4, -0.2) is 25.2 Å². The van der Waals surface area contributed by atoms with Crippen LogP contribution in [0.2, 0.25) is 0 Å². The van der Waals surface area contributed by atoms with Gasteiger partial charge in [0.25, 0.3) is 0 Å². The largest absolute Gasteiger partial charge is 0.468 e. The van der Waals surface area contributed by atoms with Gasteiger partial charge in [-0.15, -0.1) is 0 Å². The van der Waals surface area contributed by atoms with Crippen molar-refractivity contribution in [3.63, 3.8) is 0 Å². The summed E-state index contributed by atoms with van der Waals surface area (Å²) in [7, 11) is 1.49. The van der Waals surface area contributed by atoms with E-state index in [1.165, 1.54) is 13.5 Å². The topological polar surface area (TPSA) is 38.3 Å². The Morgan fingerprint density at radius 1 is 1.41 bits per heavy atom. The number of methoxy groups -OCH3 is 1.